The van der Waals surface area contributed by atoms with Crippen molar-refractivity contribution in [1.82, 2.24) is 4.90 Å². The average Bonchev–Trinajstić information content (AvgIpc) is 2.50. The zero-order valence-electron chi connectivity index (χ0n) is 8.82. The van der Waals surface area contributed by atoms with Crippen molar-refractivity contribution in [3.05, 3.63) is 35.4 Å². The third-order valence-electron chi connectivity index (χ3n) is 2.40. The Balaban J connectivity index is 2.32. The number of nitrogens with zero attached hydrogens (tertiary/aromatic N) is 1. The van der Waals surface area contributed by atoms with Crippen molar-refractivity contribution >= 4 is 29.0 Å². The Morgan fingerprint density at radius 2 is 1.56 bits per heavy atom. The van der Waals surface area contributed by atoms with E-state index in [1.165, 1.54) is 24.3 Å². The summed E-state index contributed by atoms with van der Waals surface area (Å²) < 4.78 is 36.6. The highest BCUT2D eigenvalue weighted by atomic mass is 32.1. The number of thiocarbonyl (C=S) groups is 1. The number of imide groups is 1. The van der Waals surface area contributed by atoms with E-state index in [2.05, 4.69) is 12.2 Å². The molecule has 2 amide bonds. The Morgan fingerprint density at radius 3 is 1.94 bits per heavy atom. The maximum Gasteiger partial charge on any atom is 0.395 e. The van der Waals surface area contributed by atoms with Crippen LogP contribution in [-0.4, -0.2) is 27.9 Å². The fraction of sp³-hybridized carbons (Fsp3) is 0.182. The summed E-state index contributed by atoms with van der Waals surface area (Å²) in [6.07, 6.45) is -6.01. The fourth-order valence-electron chi connectivity index (χ4n) is 1.67. The van der Waals surface area contributed by atoms with E-state index in [1.54, 1.807) is 0 Å². The number of rotatable bonds is 1. The summed E-state index contributed by atoms with van der Waals surface area (Å²) >= 11 is 4.53. The number of hydrogen-bond donors (Lipinski definition) is 0. The van der Waals surface area contributed by atoms with Gasteiger partial charge >= 0.3 is 6.18 Å². The molecule has 0 bridgehead atoms. The van der Waals surface area contributed by atoms with Gasteiger partial charge in [-0.15, -0.1) is 0 Å². The highest BCUT2D eigenvalue weighted by molar-refractivity contribution is 7.80. The third-order valence-corrected chi connectivity index (χ3v) is 2.72. The molecule has 1 aromatic rings. The molecular weight excluding hydrogens is 267 g/mol. The van der Waals surface area contributed by atoms with Crippen LogP contribution in [-0.2, 0) is 0 Å². The van der Waals surface area contributed by atoms with Crippen molar-refractivity contribution in [2.45, 2.75) is 12.6 Å². The normalized spacial score (nSPS) is 14.9. The minimum absolute atomic E-state index is 0.0759. The molecule has 3 nitrogen and oxygen atoms in total. The molecule has 1 aliphatic rings. The van der Waals surface area contributed by atoms with Gasteiger partial charge in [-0.05, 0) is 12.1 Å². The van der Waals surface area contributed by atoms with Crippen molar-refractivity contribution in [2.75, 3.05) is 0 Å². The molecular formula is C11H6F3NO2S. The molecule has 1 heterocycles. The molecule has 0 unspecified atom stereocenters. The summed E-state index contributed by atoms with van der Waals surface area (Å²) in [6.45, 7) is 0. The van der Waals surface area contributed by atoms with E-state index >= 15 is 0 Å². The van der Waals surface area contributed by atoms with Crippen LogP contribution < -0.4 is 0 Å². The summed E-state index contributed by atoms with van der Waals surface area (Å²) in [7, 11) is 0. The standard InChI is InChI=1S/C11H6F3NO2S/c12-11(13,14)5-8(18)15-9(16)6-3-1-2-4-7(6)10(15)17/h1-4H,5H2. The summed E-state index contributed by atoms with van der Waals surface area (Å²) in [6, 6.07) is 5.82. The second kappa shape index (κ2) is 4.16. The molecule has 2 rings (SSSR count). The van der Waals surface area contributed by atoms with E-state index in [0.717, 1.165) is 0 Å². The molecule has 94 valence electrons. The van der Waals surface area contributed by atoms with Gasteiger partial charge < -0.3 is 0 Å². The lowest BCUT2D eigenvalue weighted by Crippen LogP contribution is -2.37. The molecule has 0 aromatic heterocycles. The molecule has 0 fully saturated rings. The quantitative estimate of drug-likeness (QED) is 0.583. The van der Waals surface area contributed by atoms with Crippen LogP contribution in [0.4, 0.5) is 13.2 Å². The molecule has 0 aliphatic carbocycles. The third kappa shape index (κ3) is 2.13. The van der Waals surface area contributed by atoms with Crippen molar-refractivity contribution in [1.29, 1.82) is 0 Å². The van der Waals surface area contributed by atoms with Crippen LogP contribution in [0.15, 0.2) is 24.3 Å². The van der Waals surface area contributed by atoms with Crippen LogP contribution in [0, 0.1) is 0 Å². The van der Waals surface area contributed by atoms with Crippen LogP contribution >= 0.6 is 12.2 Å². The number of carbonyl (C=O) groups is 2. The van der Waals surface area contributed by atoms with Gasteiger partial charge in [0, 0.05) is 0 Å². The van der Waals surface area contributed by atoms with Gasteiger partial charge in [0.15, 0.2) is 0 Å². The lowest BCUT2D eigenvalue weighted by atomic mass is 10.1. The number of benzene rings is 1. The first-order valence-corrected chi connectivity index (χ1v) is 5.29. The van der Waals surface area contributed by atoms with Crippen LogP contribution in [0.5, 0.6) is 0 Å². The first-order valence-electron chi connectivity index (χ1n) is 4.88. The minimum atomic E-state index is -4.55. The van der Waals surface area contributed by atoms with E-state index in [-0.39, 0.29) is 11.1 Å². The predicted octanol–water partition coefficient (Wildman–Crippen LogP) is 2.56. The predicted molar refractivity (Wildman–Crippen MR) is 60.2 cm³/mol. The number of carbonyl (C=O) groups excluding carboxylic acids is 2. The van der Waals surface area contributed by atoms with Gasteiger partial charge in [0.2, 0.25) is 0 Å². The molecule has 0 spiro atoms. The topological polar surface area (TPSA) is 37.4 Å². The van der Waals surface area contributed by atoms with Gasteiger partial charge in [-0.2, -0.15) is 13.2 Å². The van der Waals surface area contributed by atoms with E-state index in [1.807, 2.05) is 0 Å². The summed E-state index contributed by atoms with van der Waals surface area (Å²) in [5.74, 6) is -1.60. The molecule has 0 atom stereocenters. The van der Waals surface area contributed by atoms with Crippen molar-refractivity contribution in [3.8, 4) is 0 Å². The first-order chi connectivity index (χ1) is 8.31. The summed E-state index contributed by atoms with van der Waals surface area (Å²) in [4.78, 5) is 23.3. The zero-order valence-corrected chi connectivity index (χ0v) is 9.64. The van der Waals surface area contributed by atoms with E-state index in [4.69, 9.17) is 0 Å². The number of hydrogen-bond acceptors (Lipinski definition) is 3. The number of amides is 2. The molecule has 0 radical (unpaired) electrons. The van der Waals surface area contributed by atoms with Crippen LogP contribution in [0.25, 0.3) is 0 Å². The van der Waals surface area contributed by atoms with Gasteiger partial charge in [-0.25, -0.2) is 4.90 Å². The summed E-state index contributed by atoms with van der Waals surface area (Å²) in [5.41, 5.74) is 0.152. The highest BCUT2D eigenvalue weighted by Crippen LogP contribution is 2.27. The Morgan fingerprint density at radius 1 is 1.11 bits per heavy atom. The van der Waals surface area contributed by atoms with Crippen LogP contribution in [0.1, 0.15) is 27.1 Å². The van der Waals surface area contributed by atoms with Crippen molar-refractivity contribution in [2.24, 2.45) is 0 Å². The lowest BCUT2D eigenvalue weighted by Gasteiger charge is -2.16. The number of fused-ring (bicyclic) bond motifs is 1. The monoisotopic (exact) mass is 273 g/mol. The highest BCUT2D eigenvalue weighted by Gasteiger charge is 2.41. The SMILES string of the molecule is O=C1c2ccccc2C(=O)N1C(=S)CC(F)(F)F. The Kier molecular flexibility index (Phi) is 2.94. The number of halogens is 3. The van der Waals surface area contributed by atoms with Gasteiger partial charge in [0.1, 0.15) is 4.99 Å². The maximum absolute atomic E-state index is 12.2. The largest absolute Gasteiger partial charge is 0.395 e. The van der Waals surface area contributed by atoms with Gasteiger partial charge in [-0.1, -0.05) is 24.4 Å². The molecule has 7 heteroatoms. The minimum Gasteiger partial charge on any atom is -0.268 e. The summed E-state index contributed by atoms with van der Waals surface area (Å²) in [5, 5.41) is 0. The average molecular weight is 273 g/mol. The van der Waals surface area contributed by atoms with Crippen molar-refractivity contribution < 1.29 is 22.8 Å². The van der Waals surface area contributed by atoms with Crippen molar-refractivity contribution in [3.63, 3.8) is 0 Å². The van der Waals surface area contributed by atoms with Gasteiger partial charge in [0.05, 0.1) is 17.5 Å². The van der Waals surface area contributed by atoms with Crippen LogP contribution in [0.2, 0.25) is 0 Å². The second-order valence-corrected chi connectivity index (χ2v) is 4.15. The maximum atomic E-state index is 12.2. The zero-order chi connectivity index (χ0) is 13.5. The molecule has 0 saturated carbocycles. The Bertz CT molecular complexity index is 518. The second-order valence-electron chi connectivity index (χ2n) is 3.68. The van der Waals surface area contributed by atoms with Gasteiger partial charge in [0.25, 0.3) is 11.8 Å². The Labute approximate surface area is 105 Å². The smallest absolute Gasteiger partial charge is 0.268 e. The van der Waals surface area contributed by atoms with Gasteiger partial charge in [-0.3, -0.25) is 9.59 Å². The van der Waals surface area contributed by atoms with E-state index < -0.39 is 29.4 Å². The fourth-order valence-corrected chi connectivity index (χ4v) is 2.00. The molecule has 18 heavy (non-hydrogen) atoms. The molecule has 0 N–H and O–H groups in total. The number of alkyl halides is 3. The van der Waals surface area contributed by atoms with E-state index in [0.29, 0.717) is 4.90 Å². The lowest BCUT2D eigenvalue weighted by molar-refractivity contribution is -0.121. The molecule has 1 aliphatic heterocycles. The molecule has 0 saturated heterocycles. The van der Waals surface area contributed by atoms with Crippen LogP contribution in [0.3, 0.4) is 0 Å². The van der Waals surface area contributed by atoms with E-state index in [9.17, 15) is 22.8 Å². The Hall–Kier alpha value is -1.76. The molecule has 1 aromatic carbocycles. The first kappa shape index (κ1) is 12.7.